The van der Waals surface area contributed by atoms with E-state index in [-0.39, 0.29) is 11.6 Å². The van der Waals surface area contributed by atoms with E-state index in [4.69, 9.17) is 16.6 Å². The van der Waals surface area contributed by atoms with Gasteiger partial charge in [0.15, 0.2) is 0 Å². The van der Waals surface area contributed by atoms with Crippen molar-refractivity contribution in [1.29, 1.82) is 0 Å². The van der Waals surface area contributed by atoms with Crippen LogP contribution in [0.15, 0.2) is 18.2 Å². The minimum Gasteiger partial charge on any atom is -0.342 e. The molecule has 0 radical (unpaired) electrons. The molecule has 0 atom stereocenters. The number of likely N-dealkylation sites (tertiary alicyclic amines) is 1. The fraction of sp³-hybridized carbons (Fsp3) is 0.652. The van der Waals surface area contributed by atoms with Crippen molar-refractivity contribution in [2.24, 2.45) is 17.8 Å². The van der Waals surface area contributed by atoms with Crippen LogP contribution in [0.25, 0.3) is 11.0 Å². The molecule has 29 heavy (non-hydrogen) atoms. The Balaban J connectivity index is 1.10. The highest BCUT2D eigenvalue weighted by Crippen LogP contribution is 2.55. The van der Waals surface area contributed by atoms with Gasteiger partial charge < -0.3 is 15.2 Å². The molecule has 6 heteroatoms. The summed E-state index contributed by atoms with van der Waals surface area (Å²) in [6.45, 7) is 1.61. The van der Waals surface area contributed by atoms with Gasteiger partial charge in [-0.3, -0.25) is 0 Å². The van der Waals surface area contributed by atoms with Crippen LogP contribution in [-0.2, 0) is 0 Å². The molecule has 2 aromatic rings. The van der Waals surface area contributed by atoms with Gasteiger partial charge in [0, 0.05) is 29.6 Å². The van der Waals surface area contributed by atoms with Crippen LogP contribution in [-0.4, -0.2) is 39.5 Å². The lowest BCUT2D eigenvalue weighted by atomic mass is 9.53. The molecule has 1 saturated heterocycles. The van der Waals surface area contributed by atoms with Gasteiger partial charge >= 0.3 is 6.03 Å². The topological polar surface area (TPSA) is 61.0 Å². The van der Waals surface area contributed by atoms with E-state index in [0.717, 1.165) is 65.6 Å². The number of amides is 2. The molecule has 154 valence electrons. The molecule has 7 rings (SSSR count). The van der Waals surface area contributed by atoms with E-state index < -0.39 is 0 Å². The van der Waals surface area contributed by atoms with Crippen molar-refractivity contribution >= 4 is 28.7 Å². The number of hydrogen-bond donors (Lipinski definition) is 2. The van der Waals surface area contributed by atoms with E-state index in [2.05, 4.69) is 10.3 Å². The van der Waals surface area contributed by atoms with E-state index in [1.54, 1.807) is 0 Å². The Labute approximate surface area is 176 Å². The lowest BCUT2D eigenvalue weighted by molar-refractivity contribution is -0.0160. The average molecular weight is 413 g/mol. The predicted octanol–water partition coefficient (Wildman–Crippen LogP) is 5.07. The number of H-pyrrole nitrogens is 1. The molecule has 2 amide bonds. The third-order valence-corrected chi connectivity index (χ3v) is 8.28. The van der Waals surface area contributed by atoms with E-state index in [9.17, 15) is 4.79 Å². The number of hydrogen-bond acceptors (Lipinski definition) is 2. The summed E-state index contributed by atoms with van der Waals surface area (Å²) in [6, 6.07) is 5.95. The lowest BCUT2D eigenvalue weighted by Crippen LogP contribution is -2.62. The Hall–Kier alpha value is -1.75. The second-order valence-corrected chi connectivity index (χ2v) is 10.6. The first kappa shape index (κ1) is 18.1. The smallest absolute Gasteiger partial charge is 0.317 e. The number of piperidine rings is 1. The summed E-state index contributed by atoms with van der Waals surface area (Å²) < 4.78 is 0. The molecule has 2 heterocycles. The fourth-order valence-electron chi connectivity index (χ4n) is 7.12. The molecule has 4 aliphatic carbocycles. The minimum absolute atomic E-state index is 0.0979. The zero-order chi connectivity index (χ0) is 19.6. The molecule has 1 aliphatic heterocycles. The molecule has 1 aromatic heterocycles. The SMILES string of the molecule is O=C(NC12CC3CC(CC(C3)C1)C2)N1CCC(c2nc3ccc(Cl)cc3[nH]2)CC1. The molecule has 0 spiro atoms. The number of urea groups is 1. The van der Waals surface area contributed by atoms with Crippen LogP contribution in [0, 0.1) is 17.8 Å². The van der Waals surface area contributed by atoms with Crippen molar-refractivity contribution in [3.8, 4) is 0 Å². The molecule has 5 nitrogen and oxygen atoms in total. The first-order chi connectivity index (χ1) is 14.1. The number of carbonyl (C=O) groups excluding carboxylic acids is 1. The zero-order valence-corrected chi connectivity index (χ0v) is 17.5. The number of imidazole rings is 1. The number of nitrogens with zero attached hydrogens (tertiary/aromatic N) is 2. The number of carbonyl (C=O) groups is 1. The maximum absolute atomic E-state index is 13.1. The summed E-state index contributed by atoms with van der Waals surface area (Å²) in [4.78, 5) is 23.3. The molecular weight excluding hydrogens is 384 g/mol. The number of aromatic nitrogens is 2. The largest absolute Gasteiger partial charge is 0.342 e. The highest BCUT2D eigenvalue weighted by atomic mass is 35.5. The molecule has 1 aromatic carbocycles. The maximum Gasteiger partial charge on any atom is 0.317 e. The highest BCUT2D eigenvalue weighted by molar-refractivity contribution is 6.31. The van der Waals surface area contributed by atoms with Crippen molar-refractivity contribution in [2.75, 3.05) is 13.1 Å². The summed E-state index contributed by atoms with van der Waals surface area (Å²) in [7, 11) is 0. The number of benzene rings is 1. The Bertz CT molecular complexity index is 910. The monoisotopic (exact) mass is 412 g/mol. The number of aromatic amines is 1. The first-order valence-electron chi connectivity index (χ1n) is 11.3. The normalized spacial score (nSPS) is 34.1. The Kier molecular flexibility index (Phi) is 4.13. The van der Waals surface area contributed by atoms with Crippen LogP contribution in [0.4, 0.5) is 4.79 Å². The van der Waals surface area contributed by atoms with E-state index in [1.165, 1.54) is 38.5 Å². The van der Waals surface area contributed by atoms with Crippen molar-refractivity contribution in [3.05, 3.63) is 29.0 Å². The van der Waals surface area contributed by atoms with Gasteiger partial charge in [-0.05, 0) is 87.3 Å². The molecule has 5 aliphatic rings. The minimum atomic E-state index is 0.0979. The summed E-state index contributed by atoms with van der Waals surface area (Å²) >= 11 is 6.10. The van der Waals surface area contributed by atoms with Gasteiger partial charge in [0.1, 0.15) is 5.82 Å². The number of nitrogens with one attached hydrogen (secondary N) is 2. The van der Waals surface area contributed by atoms with Gasteiger partial charge in [-0.1, -0.05) is 11.6 Å². The second-order valence-electron chi connectivity index (χ2n) is 10.2. The molecule has 5 fully saturated rings. The van der Waals surface area contributed by atoms with E-state index in [0.29, 0.717) is 5.92 Å². The second kappa shape index (κ2) is 6.63. The molecule has 4 bridgehead atoms. The molecular formula is C23H29ClN4O. The Morgan fingerprint density at radius 1 is 1.10 bits per heavy atom. The summed E-state index contributed by atoms with van der Waals surface area (Å²) in [6.07, 6.45) is 9.77. The Morgan fingerprint density at radius 3 is 2.41 bits per heavy atom. The van der Waals surface area contributed by atoms with E-state index >= 15 is 0 Å². The summed E-state index contributed by atoms with van der Waals surface area (Å²) in [5.41, 5.74) is 2.06. The quantitative estimate of drug-likeness (QED) is 0.722. The van der Waals surface area contributed by atoms with Crippen molar-refractivity contribution in [2.45, 2.75) is 62.8 Å². The summed E-state index contributed by atoms with van der Waals surface area (Å²) in [5, 5.41) is 4.25. The first-order valence-corrected chi connectivity index (χ1v) is 11.7. The standard InChI is InChI=1S/C23H29ClN4O/c24-18-1-2-19-20(10-18)26-21(25-19)17-3-5-28(6-4-17)22(29)27-23-11-14-7-15(12-23)9-16(8-14)13-23/h1-2,10,14-17H,3-9,11-13H2,(H,25,26)(H,27,29). The van der Waals surface area contributed by atoms with Gasteiger partial charge in [-0.2, -0.15) is 0 Å². The maximum atomic E-state index is 13.1. The number of fused-ring (bicyclic) bond motifs is 1. The fourth-order valence-corrected chi connectivity index (χ4v) is 7.29. The lowest BCUT2D eigenvalue weighted by Gasteiger charge is -2.57. The van der Waals surface area contributed by atoms with Gasteiger partial charge in [0.25, 0.3) is 0 Å². The van der Waals surface area contributed by atoms with Gasteiger partial charge in [0.2, 0.25) is 0 Å². The van der Waals surface area contributed by atoms with Crippen LogP contribution in [0.2, 0.25) is 5.02 Å². The van der Waals surface area contributed by atoms with Gasteiger partial charge in [-0.25, -0.2) is 9.78 Å². The zero-order valence-electron chi connectivity index (χ0n) is 16.8. The average Bonchev–Trinajstić information content (AvgIpc) is 3.10. The van der Waals surface area contributed by atoms with E-state index in [1.807, 2.05) is 23.1 Å². The Morgan fingerprint density at radius 2 is 1.76 bits per heavy atom. The van der Waals surface area contributed by atoms with Gasteiger partial charge in [-0.15, -0.1) is 0 Å². The summed E-state index contributed by atoms with van der Waals surface area (Å²) in [5.74, 6) is 3.98. The third kappa shape index (κ3) is 3.22. The molecule has 2 N–H and O–H groups in total. The predicted molar refractivity (Wildman–Crippen MR) is 114 cm³/mol. The van der Waals surface area contributed by atoms with Gasteiger partial charge in [0.05, 0.1) is 11.0 Å². The third-order valence-electron chi connectivity index (χ3n) is 8.04. The van der Waals surface area contributed by atoms with Crippen LogP contribution >= 0.6 is 11.6 Å². The van der Waals surface area contributed by atoms with Crippen LogP contribution in [0.3, 0.4) is 0 Å². The van der Waals surface area contributed by atoms with Crippen molar-refractivity contribution in [1.82, 2.24) is 20.2 Å². The highest BCUT2D eigenvalue weighted by Gasteiger charge is 2.51. The molecule has 4 saturated carbocycles. The molecule has 0 unspecified atom stereocenters. The number of halogens is 1. The van der Waals surface area contributed by atoms with Crippen molar-refractivity contribution in [3.63, 3.8) is 0 Å². The number of rotatable bonds is 2. The van der Waals surface area contributed by atoms with Crippen molar-refractivity contribution < 1.29 is 4.79 Å². The van der Waals surface area contributed by atoms with Crippen LogP contribution in [0.1, 0.15) is 63.1 Å². The van der Waals surface area contributed by atoms with Crippen LogP contribution in [0.5, 0.6) is 0 Å². The van der Waals surface area contributed by atoms with Crippen LogP contribution < -0.4 is 5.32 Å².